The zero-order chi connectivity index (χ0) is 17.1. The van der Waals surface area contributed by atoms with Gasteiger partial charge in [-0.3, -0.25) is 14.9 Å². The van der Waals surface area contributed by atoms with E-state index in [2.05, 4.69) is 26.6 Å². The maximum absolute atomic E-state index is 12.3. The van der Waals surface area contributed by atoms with Crippen LogP contribution in [0.1, 0.15) is 16.1 Å². The standard InChI is InChI=1S/C19H18N4O2/c24-19(17-10-16(22-23-17)14-5-7-20-8-6-14)21-11-13-9-15-3-1-2-4-18(15)25-12-13/h1-8,10,13H,9,11-12H2,(H,21,24)(H,22,23). The highest BCUT2D eigenvalue weighted by atomic mass is 16.5. The van der Waals surface area contributed by atoms with Crippen molar-refractivity contribution in [1.29, 1.82) is 0 Å². The zero-order valence-corrected chi connectivity index (χ0v) is 13.6. The van der Waals surface area contributed by atoms with Crippen LogP contribution in [0.3, 0.4) is 0 Å². The minimum atomic E-state index is -0.160. The van der Waals surface area contributed by atoms with Gasteiger partial charge in [0.2, 0.25) is 0 Å². The molecule has 1 amide bonds. The van der Waals surface area contributed by atoms with Gasteiger partial charge >= 0.3 is 0 Å². The summed E-state index contributed by atoms with van der Waals surface area (Å²) in [4.78, 5) is 16.3. The van der Waals surface area contributed by atoms with Crippen molar-refractivity contribution in [2.24, 2.45) is 5.92 Å². The second kappa shape index (κ2) is 6.76. The third kappa shape index (κ3) is 3.38. The van der Waals surface area contributed by atoms with Crippen LogP contribution in [0.25, 0.3) is 11.3 Å². The van der Waals surface area contributed by atoms with E-state index in [-0.39, 0.29) is 11.8 Å². The molecule has 0 saturated carbocycles. The van der Waals surface area contributed by atoms with Gasteiger partial charge in [0.1, 0.15) is 11.4 Å². The highest BCUT2D eigenvalue weighted by molar-refractivity contribution is 5.93. The summed E-state index contributed by atoms with van der Waals surface area (Å²) in [7, 11) is 0. The molecule has 2 N–H and O–H groups in total. The predicted octanol–water partition coefficient (Wildman–Crippen LogP) is 2.45. The molecule has 2 aromatic heterocycles. The van der Waals surface area contributed by atoms with E-state index in [1.807, 2.05) is 30.3 Å². The molecule has 0 aliphatic carbocycles. The van der Waals surface area contributed by atoms with Crippen LogP contribution in [0.2, 0.25) is 0 Å². The van der Waals surface area contributed by atoms with Gasteiger partial charge in [-0.15, -0.1) is 0 Å². The van der Waals surface area contributed by atoms with Crippen LogP contribution >= 0.6 is 0 Å². The number of pyridine rings is 1. The van der Waals surface area contributed by atoms with Crippen LogP contribution in [0.4, 0.5) is 0 Å². The number of amides is 1. The van der Waals surface area contributed by atoms with Gasteiger partial charge in [-0.2, -0.15) is 5.10 Å². The Bertz CT molecular complexity index is 876. The number of hydrogen-bond donors (Lipinski definition) is 2. The van der Waals surface area contributed by atoms with E-state index >= 15 is 0 Å². The van der Waals surface area contributed by atoms with Crippen molar-refractivity contribution in [3.63, 3.8) is 0 Å². The third-order valence-corrected chi connectivity index (χ3v) is 4.31. The van der Waals surface area contributed by atoms with Crippen molar-refractivity contribution < 1.29 is 9.53 Å². The molecule has 1 aliphatic rings. The summed E-state index contributed by atoms with van der Waals surface area (Å²) < 4.78 is 5.76. The summed E-state index contributed by atoms with van der Waals surface area (Å²) in [6.07, 6.45) is 4.30. The Labute approximate surface area is 145 Å². The molecule has 3 aromatic rings. The number of carbonyl (C=O) groups excluding carboxylic acids is 1. The van der Waals surface area contributed by atoms with Crippen molar-refractivity contribution in [1.82, 2.24) is 20.5 Å². The van der Waals surface area contributed by atoms with Crippen molar-refractivity contribution in [3.05, 3.63) is 66.1 Å². The number of nitrogens with zero attached hydrogens (tertiary/aromatic N) is 2. The summed E-state index contributed by atoms with van der Waals surface area (Å²) in [5, 5.41) is 9.95. The first-order valence-corrected chi connectivity index (χ1v) is 8.24. The number of rotatable bonds is 4. The second-order valence-corrected chi connectivity index (χ2v) is 6.10. The average molecular weight is 334 g/mol. The molecule has 0 saturated heterocycles. The Morgan fingerprint density at radius 3 is 2.96 bits per heavy atom. The normalized spacial score (nSPS) is 15.9. The smallest absolute Gasteiger partial charge is 0.269 e. The van der Waals surface area contributed by atoms with Crippen LogP contribution in [0.15, 0.2) is 54.9 Å². The molecule has 3 heterocycles. The van der Waals surface area contributed by atoms with E-state index in [0.29, 0.717) is 18.8 Å². The molecule has 6 heteroatoms. The minimum absolute atomic E-state index is 0.160. The molecule has 0 spiro atoms. The minimum Gasteiger partial charge on any atom is -0.493 e. The lowest BCUT2D eigenvalue weighted by Gasteiger charge is -2.25. The number of H-pyrrole nitrogens is 1. The van der Waals surface area contributed by atoms with Gasteiger partial charge in [-0.05, 0) is 36.2 Å². The SMILES string of the molecule is O=C(NCC1COc2ccccc2C1)c1cc(-c2ccncc2)n[nH]1. The molecule has 1 aromatic carbocycles. The number of aromatic nitrogens is 3. The molecular weight excluding hydrogens is 316 g/mol. The Morgan fingerprint density at radius 2 is 2.08 bits per heavy atom. The summed E-state index contributed by atoms with van der Waals surface area (Å²) in [6, 6.07) is 13.5. The molecule has 0 radical (unpaired) electrons. The number of para-hydroxylation sites is 1. The van der Waals surface area contributed by atoms with Crippen LogP contribution in [-0.4, -0.2) is 34.2 Å². The number of benzene rings is 1. The van der Waals surface area contributed by atoms with Crippen LogP contribution in [0, 0.1) is 5.92 Å². The summed E-state index contributed by atoms with van der Waals surface area (Å²) in [5.41, 5.74) is 3.28. The fourth-order valence-corrected chi connectivity index (χ4v) is 2.96. The van der Waals surface area contributed by atoms with Crippen molar-refractivity contribution in [2.75, 3.05) is 13.2 Å². The lowest BCUT2D eigenvalue weighted by Crippen LogP contribution is -2.34. The first kappa shape index (κ1) is 15.4. The fraction of sp³-hybridized carbons (Fsp3) is 0.211. The van der Waals surface area contributed by atoms with E-state index < -0.39 is 0 Å². The summed E-state index contributed by atoms with van der Waals surface area (Å²) in [5.74, 6) is 1.05. The maximum atomic E-state index is 12.3. The lowest BCUT2D eigenvalue weighted by molar-refractivity contribution is 0.0934. The molecule has 6 nitrogen and oxygen atoms in total. The van der Waals surface area contributed by atoms with Crippen LogP contribution in [-0.2, 0) is 6.42 Å². The zero-order valence-electron chi connectivity index (χ0n) is 13.6. The highest BCUT2D eigenvalue weighted by Crippen LogP contribution is 2.26. The van der Waals surface area contributed by atoms with Gasteiger partial charge in [-0.1, -0.05) is 18.2 Å². The largest absolute Gasteiger partial charge is 0.493 e. The van der Waals surface area contributed by atoms with Gasteiger partial charge in [0.25, 0.3) is 5.91 Å². The molecule has 126 valence electrons. The first-order valence-electron chi connectivity index (χ1n) is 8.24. The van der Waals surface area contributed by atoms with Gasteiger partial charge in [0.15, 0.2) is 0 Å². The number of aromatic amines is 1. The van der Waals surface area contributed by atoms with Crippen LogP contribution < -0.4 is 10.1 Å². The predicted molar refractivity (Wildman–Crippen MR) is 93.3 cm³/mol. The quantitative estimate of drug-likeness (QED) is 0.768. The molecule has 25 heavy (non-hydrogen) atoms. The number of hydrogen-bond acceptors (Lipinski definition) is 4. The summed E-state index contributed by atoms with van der Waals surface area (Å²) in [6.45, 7) is 1.18. The molecule has 4 rings (SSSR count). The third-order valence-electron chi connectivity index (χ3n) is 4.31. The molecule has 1 unspecified atom stereocenters. The van der Waals surface area contributed by atoms with Gasteiger partial charge in [0.05, 0.1) is 12.3 Å². The number of carbonyl (C=O) groups is 1. The Hall–Kier alpha value is -3.15. The molecule has 1 aliphatic heterocycles. The lowest BCUT2D eigenvalue weighted by atomic mass is 9.97. The topological polar surface area (TPSA) is 79.9 Å². The number of fused-ring (bicyclic) bond motifs is 1. The number of ether oxygens (including phenoxy) is 1. The molecule has 0 bridgehead atoms. The van der Waals surface area contributed by atoms with E-state index in [1.54, 1.807) is 18.5 Å². The molecule has 1 atom stereocenters. The Kier molecular flexibility index (Phi) is 4.16. The first-order chi connectivity index (χ1) is 12.3. The van der Waals surface area contributed by atoms with Gasteiger partial charge < -0.3 is 10.1 Å². The molecular formula is C19H18N4O2. The van der Waals surface area contributed by atoms with E-state index in [9.17, 15) is 4.79 Å². The van der Waals surface area contributed by atoms with Gasteiger partial charge in [-0.25, -0.2) is 0 Å². The second-order valence-electron chi connectivity index (χ2n) is 6.10. The maximum Gasteiger partial charge on any atom is 0.269 e. The van der Waals surface area contributed by atoms with E-state index in [1.165, 1.54) is 5.56 Å². The van der Waals surface area contributed by atoms with Crippen molar-refractivity contribution >= 4 is 5.91 Å². The number of nitrogens with one attached hydrogen (secondary N) is 2. The average Bonchev–Trinajstić information content (AvgIpc) is 3.17. The highest BCUT2D eigenvalue weighted by Gasteiger charge is 2.20. The monoisotopic (exact) mass is 334 g/mol. The summed E-state index contributed by atoms with van der Waals surface area (Å²) >= 11 is 0. The Balaban J connectivity index is 1.36. The molecule has 0 fully saturated rings. The van der Waals surface area contributed by atoms with E-state index in [4.69, 9.17) is 4.74 Å². The van der Waals surface area contributed by atoms with Crippen molar-refractivity contribution in [2.45, 2.75) is 6.42 Å². The van der Waals surface area contributed by atoms with Gasteiger partial charge in [0, 0.05) is 30.4 Å². The van der Waals surface area contributed by atoms with Crippen LogP contribution in [0.5, 0.6) is 5.75 Å². The van der Waals surface area contributed by atoms with E-state index in [0.717, 1.165) is 23.4 Å². The Morgan fingerprint density at radius 1 is 1.24 bits per heavy atom. The fourth-order valence-electron chi connectivity index (χ4n) is 2.96. The van der Waals surface area contributed by atoms with Crippen molar-refractivity contribution in [3.8, 4) is 17.0 Å².